The van der Waals surface area contributed by atoms with Gasteiger partial charge in [0.15, 0.2) is 0 Å². The van der Waals surface area contributed by atoms with E-state index in [9.17, 15) is 0 Å². The van der Waals surface area contributed by atoms with Gasteiger partial charge < -0.3 is 9.47 Å². The molecular formula is C12H24O2. The van der Waals surface area contributed by atoms with Crippen LogP contribution in [0.1, 0.15) is 52.4 Å². The van der Waals surface area contributed by atoms with E-state index >= 15 is 0 Å². The van der Waals surface area contributed by atoms with Gasteiger partial charge in [-0.3, -0.25) is 0 Å². The summed E-state index contributed by atoms with van der Waals surface area (Å²) in [5.41, 5.74) is 0. The van der Waals surface area contributed by atoms with Crippen LogP contribution in [0.4, 0.5) is 0 Å². The van der Waals surface area contributed by atoms with Gasteiger partial charge in [0.25, 0.3) is 0 Å². The summed E-state index contributed by atoms with van der Waals surface area (Å²) in [6.45, 7) is 6.14. The zero-order chi connectivity index (χ0) is 10.2. The van der Waals surface area contributed by atoms with Crippen LogP contribution < -0.4 is 0 Å². The highest BCUT2D eigenvalue weighted by Gasteiger charge is 2.15. The summed E-state index contributed by atoms with van der Waals surface area (Å²) in [5, 5.41) is 0. The van der Waals surface area contributed by atoms with Crippen molar-refractivity contribution in [2.75, 3.05) is 13.2 Å². The maximum atomic E-state index is 5.85. The molecule has 0 radical (unpaired) electrons. The fourth-order valence-electron chi connectivity index (χ4n) is 1.91. The van der Waals surface area contributed by atoms with Gasteiger partial charge in [-0.1, -0.05) is 20.3 Å². The number of hydrogen-bond donors (Lipinski definition) is 0. The molecule has 1 aliphatic heterocycles. The van der Waals surface area contributed by atoms with Crippen LogP contribution >= 0.6 is 0 Å². The normalized spacial score (nSPS) is 24.9. The highest BCUT2D eigenvalue weighted by atomic mass is 16.5. The Morgan fingerprint density at radius 3 is 2.79 bits per heavy atom. The van der Waals surface area contributed by atoms with Crippen LogP contribution in [-0.2, 0) is 9.47 Å². The second-order valence-corrected chi connectivity index (χ2v) is 4.14. The average molecular weight is 200 g/mol. The van der Waals surface area contributed by atoms with E-state index in [1.807, 2.05) is 0 Å². The molecule has 0 aromatic rings. The smallest absolute Gasteiger partial charge is 0.0808 e. The first-order chi connectivity index (χ1) is 6.86. The van der Waals surface area contributed by atoms with E-state index in [2.05, 4.69) is 13.8 Å². The molecule has 0 aromatic heterocycles. The van der Waals surface area contributed by atoms with Crippen molar-refractivity contribution >= 4 is 0 Å². The predicted molar refractivity (Wildman–Crippen MR) is 58.5 cm³/mol. The third-order valence-electron chi connectivity index (χ3n) is 2.86. The summed E-state index contributed by atoms with van der Waals surface area (Å²) in [4.78, 5) is 0. The first kappa shape index (κ1) is 12.0. The molecule has 1 rings (SSSR count). The lowest BCUT2D eigenvalue weighted by Crippen LogP contribution is -2.27. The molecule has 0 spiro atoms. The topological polar surface area (TPSA) is 18.5 Å². The van der Waals surface area contributed by atoms with Crippen LogP contribution in [0.3, 0.4) is 0 Å². The third-order valence-corrected chi connectivity index (χ3v) is 2.86. The Bertz CT molecular complexity index is 126. The molecule has 0 aliphatic carbocycles. The second-order valence-electron chi connectivity index (χ2n) is 4.14. The molecule has 0 amide bonds. The summed E-state index contributed by atoms with van der Waals surface area (Å²) < 4.78 is 11.5. The van der Waals surface area contributed by atoms with Crippen molar-refractivity contribution in [3.8, 4) is 0 Å². The monoisotopic (exact) mass is 200 g/mol. The Balaban J connectivity index is 2.10. The average Bonchev–Trinajstić information content (AvgIpc) is 2.25. The summed E-state index contributed by atoms with van der Waals surface area (Å²) in [7, 11) is 0. The molecule has 1 heterocycles. The molecule has 0 bridgehead atoms. The van der Waals surface area contributed by atoms with Crippen molar-refractivity contribution in [1.29, 1.82) is 0 Å². The Labute approximate surface area is 88.0 Å². The minimum Gasteiger partial charge on any atom is -0.376 e. The molecule has 1 aliphatic rings. The van der Waals surface area contributed by atoms with Crippen LogP contribution in [0.25, 0.3) is 0 Å². The zero-order valence-corrected chi connectivity index (χ0v) is 9.63. The van der Waals surface area contributed by atoms with Gasteiger partial charge in [-0.2, -0.15) is 0 Å². The van der Waals surface area contributed by atoms with E-state index < -0.39 is 0 Å². The number of ether oxygens (including phenoxy) is 2. The summed E-state index contributed by atoms with van der Waals surface area (Å²) >= 11 is 0. The van der Waals surface area contributed by atoms with Crippen LogP contribution in [0, 0.1) is 0 Å². The molecule has 2 unspecified atom stereocenters. The molecule has 2 heteroatoms. The van der Waals surface area contributed by atoms with E-state index in [1.54, 1.807) is 0 Å². The van der Waals surface area contributed by atoms with E-state index in [0.717, 1.165) is 19.6 Å². The second kappa shape index (κ2) is 7.24. The lowest BCUT2D eigenvalue weighted by Gasteiger charge is -2.24. The van der Waals surface area contributed by atoms with E-state index in [0.29, 0.717) is 12.2 Å². The van der Waals surface area contributed by atoms with Gasteiger partial charge in [-0.25, -0.2) is 0 Å². The predicted octanol–water partition coefficient (Wildman–Crippen LogP) is 3.15. The Morgan fingerprint density at radius 2 is 2.21 bits per heavy atom. The van der Waals surface area contributed by atoms with Gasteiger partial charge in [-0.05, 0) is 32.1 Å². The van der Waals surface area contributed by atoms with Crippen LogP contribution in [0.15, 0.2) is 0 Å². The van der Waals surface area contributed by atoms with Gasteiger partial charge in [0, 0.05) is 6.61 Å². The van der Waals surface area contributed by atoms with E-state index in [1.165, 1.54) is 32.1 Å². The fraction of sp³-hybridized carbons (Fsp3) is 1.00. The molecule has 14 heavy (non-hydrogen) atoms. The maximum Gasteiger partial charge on any atom is 0.0808 e. The molecule has 1 saturated heterocycles. The molecule has 0 saturated carbocycles. The van der Waals surface area contributed by atoms with Crippen LogP contribution in [0.2, 0.25) is 0 Å². The van der Waals surface area contributed by atoms with Gasteiger partial charge >= 0.3 is 0 Å². The minimum absolute atomic E-state index is 0.370. The highest BCUT2D eigenvalue weighted by molar-refractivity contribution is 4.64. The molecule has 0 N–H and O–H groups in total. The Kier molecular flexibility index (Phi) is 6.20. The van der Waals surface area contributed by atoms with Crippen molar-refractivity contribution < 1.29 is 9.47 Å². The van der Waals surface area contributed by atoms with Gasteiger partial charge in [0.1, 0.15) is 0 Å². The van der Waals surface area contributed by atoms with Crippen molar-refractivity contribution in [3.05, 3.63) is 0 Å². The van der Waals surface area contributed by atoms with Crippen molar-refractivity contribution in [2.45, 2.75) is 64.6 Å². The van der Waals surface area contributed by atoms with E-state index in [4.69, 9.17) is 9.47 Å². The van der Waals surface area contributed by atoms with Gasteiger partial charge in [0.2, 0.25) is 0 Å². The summed E-state index contributed by atoms with van der Waals surface area (Å²) in [6, 6.07) is 0. The first-order valence-electron chi connectivity index (χ1n) is 6.10. The Morgan fingerprint density at radius 1 is 1.36 bits per heavy atom. The standard InChI is InChI=1S/C12H24O2/c1-3-7-11(4-2)14-10-12-8-5-6-9-13-12/h11-12H,3-10H2,1-2H3. The molecule has 2 atom stereocenters. The van der Waals surface area contributed by atoms with Crippen molar-refractivity contribution in [2.24, 2.45) is 0 Å². The van der Waals surface area contributed by atoms with E-state index in [-0.39, 0.29) is 0 Å². The van der Waals surface area contributed by atoms with Crippen LogP contribution in [0.5, 0.6) is 0 Å². The first-order valence-corrected chi connectivity index (χ1v) is 6.10. The molecule has 84 valence electrons. The van der Waals surface area contributed by atoms with Gasteiger partial charge in [0.05, 0.1) is 18.8 Å². The number of rotatable bonds is 6. The summed E-state index contributed by atoms with van der Waals surface area (Å²) in [6.07, 6.45) is 8.05. The SMILES string of the molecule is CCCC(CC)OCC1CCCCO1. The fourth-order valence-corrected chi connectivity index (χ4v) is 1.91. The quantitative estimate of drug-likeness (QED) is 0.655. The lowest BCUT2D eigenvalue weighted by atomic mass is 10.1. The summed E-state index contributed by atoms with van der Waals surface area (Å²) in [5.74, 6) is 0. The largest absolute Gasteiger partial charge is 0.376 e. The minimum atomic E-state index is 0.370. The van der Waals surface area contributed by atoms with Crippen molar-refractivity contribution in [3.63, 3.8) is 0 Å². The van der Waals surface area contributed by atoms with Crippen molar-refractivity contribution in [1.82, 2.24) is 0 Å². The Hall–Kier alpha value is -0.0800. The lowest BCUT2D eigenvalue weighted by molar-refractivity contribution is -0.0651. The molecule has 2 nitrogen and oxygen atoms in total. The van der Waals surface area contributed by atoms with Crippen LogP contribution in [-0.4, -0.2) is 25.4 Å². The van der Waals surface area contributed by atoms with Gasteiger partial charge in [-0.15, -0.1) is 0 Å². The molecule has 0 aromatic carbocycles. The molecular weight excluding hydrogens is 176 g/mol. The maximum absolute atomic E-state index is 5.85. The molecule has 1 fully saturated rings. The third kappa shape index (κ3) is 4.43. The highest BCUT2D eigenvalue weighted by Crippen LogP contribution is 2.15. The number of hydrogen-bond acceptors (Lipinski definition) is 2. The zero-order valence-electron chi connectivity index (χ0n) is 9.63.